The molecule has 5 rings (SSSR count). The Hall–Kier alpha value is -4.78. The van der Waals surface area contributed by atoms with Crippen molar-refractivity contribution in [3.8, 4) is 11.5 Å². The number of hydrogen-bond donors (Lipinski definition) is 1. The molecule has 0 radical (unpaired) electrons. The van der Waals surface area contributed by atoms with Crippen molar-refractivity contribution in [1.29, 1.82) is 0 Å². The van der Waals surface area contributed by atoms with Crippen LogP contribution in [0, 0.1) is 0 Å². The molecule has 0 saturated carbocycles. The lowest BCUT2D eigenvalue weighted by atomic mass is 10.0. The predicted octanol–water partition coefficient (Wildman–Crippen LogP) is 6.22. The number of nitrogens with one attached hydrogen (secondary N) is 1. The zero-order valence-electron chi connectivity index (χ0n) is 21.2. The van der Waals surface area contributed by atoms with E-state index in [1.54, 1.807) is 43.2 Å². The van der Waals surface area contributed by atoms with Gasteiger partial charge < -0.3 is 19.5 Å². The first-order valence-corrected chi connectivity index (χ1v) is 12.4. The van der Waals surface area contributed by atoms with Crippen LogP contribution in [0.25, 0.3) is 0 Å². The normalized spacial score (nSPS) is 14.3. The Morgan fingerprint density at radius 3 is 2.42 bits per heavy atom. The largest absolute Gasteiger partial charge is 0.496 e. The Bertz CT molecular complexity index is 1450. The predicted molar refractivity (Wildman–Crippen MR) is 146 cm³/mol. The lowest BCUT2D eigenvalue weighted by Gasteiger charge is -2.38. The molecule has 1 amide bonds. The van der Waals surface area contributed by atoms with Gasteiger partial charge in [-0.15, -0.1) is 0 Å². The third-order valence-corrected chi connectivity index (χ3v) is 6.35. The molecule has 0 aliphatic carbocycles. The van der Waals surface area contributed by atoms with Crippen LogP contribution in [-0.2, 0) is 11.3 Å². The molecule has 4 aromatic rings. The van der Waals surface area contributed by atoms with Crippen LogP contribution >= 0.6 is 0 Å². The molecule has 1 aliphatic heterocycles. The van der Waals surface area contributed by atoms with Crippen molar-refractivity contribution >= 4 is 23.3 Å². The molecular weight excluding hydrogens is 480 g/mol. The number of ether oxygens (including phenoxy) is 3. The number of carbonyl (C=O) groups is 2. The van der Waals surface area contributed by atoms with Crippen LogP contribution in [-0.4, -0.2) is 25.6 Å². The lowest BCUT2D eigenvalue weighted by Crippen LogP contribution is -2.43. The van der Waals surface area contributed by atoms with Gasteiger partial charge in [-0.1, -0.05) is 48.5 Å². The molecule has 1 atom stereocenters. The maximum atomic E-state index is 13.7. The Balaban J connectivity index is 1.50. The van der Waals surface area contributed by atoms with Gasteiger partial charge in [-0.25, -0.2) is 4.79 Å². The molecule has 0 fully saturated rings. The fourth-order valence-corrected chi connectivity index (χ4v) is 4.55. The number of esters is 1. The van der Waals surface area contributed by atoms with Gasteiger partial charge >= 0.3 is 5.97 Å². The van der Waals surface area contributed by atoms with E-state index in [-0.39, 0.29) is 19.1 Å². The van der Waals surface area contributed by atoms with Crippen LogP contribution in [0.1, 0.15) is 44.9 Å². The number of nitrogens with zero attached hydrogens (tertiary/aromatic N) is 1. The summed E-state index contributed by atoms with van der Waals surface area (Å²) >= 11 is 0. The minimum atomic E-state index is -0.462. The topological polar surface area (TPSA) is 77.1 Å². The molecule has 1 heterocycles. The van der Waals surface area contributed by atoms with Crippen LogP contribution in [0.4, 0.5) is 11.4 Å². The summed E-state index contributed by atoms with van der Waals surface area (Å²) in [7, 11) is 1.60. The molecule has 0 saturated heterocycles. The Kier molecular flexibility index (Phi) is 7.26. The van der Waals surface area contributed by atoms with Crippen molar-refractivity contribution in [2.24, 2.45) is 0 Å². The van der Waals surface area contributed by atoms with Gasteiger partial charge in [0, 0.05) is 16.9 Å². The highest BCUT2D eigenvalue weighted by Gasteiger charge is 2.34. The summed E-state index contributed by atoms with van der Waals surface area (Å²) in [5, 5.41) is 3.53. The second-order valence-corrected chi connectivity index (χ2v) is 8.68. The second kappa shape index (κ2) is 11.1. The first-order chi connectivity index (χ1) is 18.6. The summed E-state index contributed by atoms with van der Waals surface area (Å²) in [4.78, 5) is 27.8. The number of amides is 1. The lowest BCUT2D eigenvalue weighted by molar-refractivity contribution is 0.0521. The molecule has 4 aromatic carbocycles. The van der Waals surface area contributed by atoms with Crippen molar-refractivity contribution in [2.75, 3.05) is 23.9 Å². The van der Waals surface area contributed by atoms with Crippen molar-refractivity contribution < 1.29 is 23.8 Å². The minimum Gasteiger partial charge on any atom is -0.496 e. The number of para-hydroxylation sites is 3. The number of rotatable bonds is 8. The Labute approximate surface area is 221 Å². The van der Waals surface area contributed by atoms with Crippen LogP contribution in [0.2, 0.25) is 0 Å². The highest BCUT2D eigenvalue weighted by molar-refractivity contribution is 6.12. The molecule has 1 N–H and O–H groups in total. The smallest absolute Gasteiger partial charge is 0.341 e. The van der Waals surface area contributed by atoms with Gasteiger partial charge in [0.1, 0.15) is 29.8 Å². The number of anilines is 2. The Morgan fingerprint density at radius 2 is 1.63 bits per heavy atom. The van der Waals surface area contributed by atoms with Crippen molar-refractivity contribution in [3.63, 3.8) is 0 Å². The SMILES string of the molecule is CCOC(=O)c1ccccc1OCc1cc(C2Nc3ccccc3C(=O)N2c2ccccc2)ccc1OC. The van der Waals surface area contributed by atoms with Gasteiger partial charge in [-0.3, -0.25) is 9.69 Å². The van der Waals surface area contributed by atoms with E-state index in [1.165, 1.54) is 0 Å². The molecule has 1 aliphatic rings. The fourth-order valence-electron chi connectivity index (χ4n) is 4.55. The van der Waals surface area contributed by atoms with E-state index in [9.17, 15) is 9.59 Å². The highest BCUT2D eigenvalue weighted by Crippen LogP contribution is 2.38. The number of fused-ring (bicyclic) bond motifs is 1. The number of hydrogen-bond acceptors (Lipinski definition) is 6. The van der Waals surface area contributed by atoms with Gasteiger partial charge in [-0.05, 0) is 61.0 Å². The van der Waals surface area contributed by atoms with Crippen LogP contribution < -0.4 is 19.7 Å². The van der Waals surface area contributed by atoms with Crippen LogP contribution in [0.5, 0.6) is 11.5 Å². The standard InChI is InChI=1S/C31H28N2O5/c1-3-37-31(35)25-14-8-10-16-28(25)38-20-22-19-21(17-18-27(22)36-2)29-32-26-15-9-7-13-24(26)30(34)33(29)23-11-5-4-6-12-23/h4-19,29,32H,3,20H2,1-2H3. The molecular formula is C31H28N2O5. The fraction of sp³-hybridized carbons (Fsp3) is 0.161. The Morgan fingerprint density at radius 1 is 0.895 bits per heavy atom. The summed E-state index contributed by atoms with van der Waals surface area (Å²) in [6, 6.07) is 29.8. The van der Waals surface area contributed by atoms with E-state index in [2.05, 4.69) is 5.32 Å². The minimum absolute atomic E-state index is 0.0902. The van der Waals surface area contributed by atoms with Crippen molar-refractivity contribution in [3.05, 3.63) is 119 Å². The van der Waals surface area contributed by atoms with Crippen LogP contribution in [0.3, 0.4) is 0 Å². The van der Waals surface area contributed by atoms with Gasteiger partial charge in [0.15, 0.2) is 0 Å². The zero-order chi connectivity index (χ0) is 26.5. The van der Waals surface area contributed by atoms with E-state index in [0.29, 0.717) is 22.6 Å². The zero-order valence-corrected chi connectivity index (χ0v) is 21.2. The molecule has 192 valence electrons. The van der Waals surface area contributed by atoms with E-state index < -0.39 is 12.1 Å². The van der Waals surface area contributed by atoms with Gasteiger partial charge in [-0.2, -0.15) is 0 Å². The van der Waals surface area contributed by atoms with Crippen molar-refractivity contribution in [1.82, 2.24) is 0 Å². The molecule has 1 unspecified atom stereocenters. The number of benzene rings is 4. The van der Waals surface area contributed by atoms with E-state index in [1.807, 2.05) is 72.8 Å². The first-order valence-electron chi connectivity index (χ1n) is 12.4. The molecule has 0 aromatic heterocycles. The number of methoxy groups -OCH3 is 1. The molecule has 7 heteroatoms. The third kappa shape index (κ3) is 4.91. The van der Waals surface area contributed by atoms with Crippen LogP contribution in [0.15, 0.2) is 97.1 Å². The molecule has 0 spiro atoms. The summed E-state index contributed by atoms with van der Waals surface area (Å²) in [6.45, 7) is 2.19. The second-order valence-electron chi connectivity index (χ2n) is 8.68. The quantitative estimate of drug-likeness (QED) is 0.285. The average Bonchev–Trinajstić information content (AvgIpc) is 2.96. The van der Waals surface area contributed by atoms with E-state index >= 15 is 0 Å². The third-order valence-electron chi connectivity index (χ3n) is 6.35. The highest BCUT2D eigenvalue weighted by atomic mass is 16.5. The maximum Gasteiger partial charge on any atom is 0.341 e. The first kappa shape index (κ1) is 24.9. The summed E-state index contributed by atoms with van der Waals surface area (Å²) < 4.78 is 16.9. The maximum absolute atomic E-state index is 13.7. The van der Waals surface area contributed by atoms with E-state index in [4.69, 9.17) is 14.2 Å². The summed E-state index contributed by atoms with van der Waals surface area (Å²) in [6.07, 6.45) is -0.462. The van der Waals surface area contributed by atoms with Crippen molar-refractivity contribution in [2.45, 2.75) is 19.7 Å². The average molecular weight is 509 g/mol. The van der Waals surface area contributed by atoms with Gasteiger partial charge in [0.25, 0.3) is 5.91 Å². The molecule has 0 bridgehead atoms. The summed E-state index contributed by atoms with van der Waals surface area (Å²) in [5.74, 6) is 0.527. The van der Waals surface area contributed by atoms with Gasteiger partial charge in [0.2, 0.25) is 0 Å². The van der Waals surface area contributed by atoms with E-state index in [0.717, 1.165) is 22.5 Å². The van der Waals surface area contributed by atoms with Gasteiger partial charge in [0.05, 0.1) is 19.3 Å². The molecule has 38 heavy (non-hydrogen) atoms. The number of carbonyl (C=O) groups excluding carboxylic acids is 2. The molecule has 7 nitrogen and oxygen atoms in total. The summed E-state index contributed by atoms with van der Waals surface area (Å²) in [5.41, 5.74) is 4.14. The monoisotopic (exact) mass is 508 g/mol.